The lowest BCUT2D eigenvalue weighted by Crippen LogP contribution is -2.28. The third kappa shape index (κ3) is 6.93. The highest BCUT2D eigenvalue weighted by molar-refractivity contribution is 5.71. The van der Waals surface area contributed by atoms with Crippen molar-refractivity contribution in [3.63, 3.8) is 0 Å². The van der Waals surface area contributed by atoms with E-state index in [-0.39, 0.29) is 37.3 Å². The molecule has 1 aromatic rings. The summed E-state index contributed by atoms with van der Waals surface area (Å²) in [6.07, 6.45) is 4.82. The van der Waals surface area contributed by atoms with Crippen LogP contribution in [0.25, 0.3) is 0 Å². The monoisotopic (exact) mass is 462 g/mol. The van der Waals surface area contributed by atoms with E-state index in [1.165, 1.54) is 5.56 Å². The predicted octanol–water partition coefficient (Wildman–Crippen LogP) is 3.51. The summed E-state index contributed by atoms with van der Waals surface area (Å²) in [4.78, 5) is 22.8. The number of hydrogen-bond acceptors (Lipinski definition) is 6. The first-order valence-corrected chi connectivity index (χ1v) is 12.3. The van der Waals surface area contributed by atoms with Crippen molar-refractivity contribution in [1.82, 2.24) is 0 Å². The highest BCUT2D eigenvalue weighted by Gasteiger charge is 2.44. The zero-order chi connectivity index (χ0) is 24.0. The minimum Gasteiger partial charge on any atom is -0.482 e. The SMILES string of the molecule is CC[C@H](O)CC[C@@H]1[C@H]2Cc3cccc(OCC(=O)OC(C)CCCC(=O)O)c3C[C@H]2C[C@H]1O. The molecule has 2 aliphatic carbocycles. The van der Waals surface area contributed by atoms with Crippen LogP contribution >= 0.6 is 0 Å². The molecule has 6 atom stereocenters. The molecule has 0 spiro atoms. The Bertz CT molecular complexity index is 808. The predicted molar refractivity (Wildman–Crippen MR) is 123 cm³/mol. The van der Waals surface area contributed by atoms with Crippen LogP contribution in [0.1, 0.15) is 69.9 Å². The second kappa shape index (κ2) is 11.8. The van der Waals surface area contributed by atoms with E-state index < -0.39 is 11.9 Å². The van der Waals surface area contributed by atoms with Crippen LogP contribution in [0.2, 0.25) is 0 Å². The molecule has 0 amide bonds. The number of hydrogen-bond donors (Lipinski definition) is 3. The van der Waals surface area contributed by atoms with Gasteiger partial charge in [0.25, 0.3) is 0 Å². The van der Waals surface area contributed by atoms with Crippen molar-refractivity contribution in [1.29, 1.82) is 0 Å². The zero-order valence-corrected chi connectivity index (χ0v) is 19.7. The molecule has 0 aromatic heterocycles. The Hall–Kier alpha value is -2.12. The van der Waals surface area contributed by atoms with E-state index >= 15 is 0 Å². The fraction of sp³-hybridized carbons (Fsp3) is 0.692. The Morgan fingerprint density at radius 1 is 1.21 bits per heavy atom. The minimum atomic E-state index is -0.854. The quantitative estimate of drug-likeness (QED) is 0.407. The van der Waals surface area contributed by atoms with Gasteiger partial charge in [0.15, 0.2) is 6.61 Å². The topological polar surface area (TPSA) is 113 Å². The van der Waals surface area contributed by atoms with Gasteiger partial charge < -0.3 is 24.8 Å². The average molecular weight is 463 g/mol. The van der Waals surface area contributed by atoms with E-state index in [9.17, 15) is 19.8 Å². The van der Waals surface area contributed by atoms with Crippen molar-refractivity contribution in [2.75, 3.05) is 6.61 Å². The summed E-state index contributed by atoms with van der Waals surface area (Å²) in [6.45, 7) is 3.55. The third-order valence-electron chi connectivity index (χ3n) is 7.33. The molecule has 0 aliphatic heterocycles. The molecule has 1 aromatic carbocycles. The second-order valence-corrected chi connectivity index (χ2v) is 9.71. The number of benzene rings is 1. The molecule has 7 heteroatoms. The molecule has 1 saturated carbocycles. The number of aliphatic carboxylic acids is 1. The standard InChI is InChI=1S/C26H38O7/c1-3-19(27)10-11-20-21-12-17-7-5-8-24(22(17)13-18(21)14-23(20)28)32-15-26(31)33-16(2)6-4-9-25(29)30/h5,7-8,16,18-21,23,27-28H,3-4,6,9-15H2,1-2H3,(H,29,30)/t16?,18-,19-,20+,21-,23+/m0/s1. The number of aliphatic hydroxyl groups excluding tert-OH is 2. The lowest BCUT2D eigenvalue weighted by Gasteiger charge is -2.32. The average Bonchev–Trinajstić information content (AvgIpc) is 3.07. The molecule has 0 saturated heterocycles. The molecule has 0 bridgehead atoms. The Morgan fingerprint density at radius 3 is 2.73 bits per heavy atom. The molecular formula is C26H38O7. The molecule has 33 heavy (non-hydrogen) atoms. The lowest BCUT2D eigenvalue weighted by atomic mass is 9.73. The van der Waals surface area contributed by atoms with Crippen LogP contribution in [0.15, 0.2) is 18.2 Å². The van der Waals surface area contributed by atoms with Crippen LogP contribution in [-0.4, -0.2) is 52.2 Å². The van der Waals surface area contributed by atoms with Gasteiger partial charge in [-0.2, -0.15) is 0 Å². The Balaban J connectivity index is 1.55. The lowest BCUT2D eigenvalue weighted by molar-refractivity contribution is -0.150. The van der Waals surface area contributed by atoms with Crippen LogP contribution < -0.4 is 4.74 Å². The van der Waals surface area contributed by atoms with Crippen molar-refractivity contribution in [3.05, 3.63) is 29.3 Å². The highest BCUT2D eigenvalue weighted by atomic mass is 16.6. The molecule has 1 unspecified atom stereocenters. The summed E-state index contributed by atoms with van der Waals surface area (Å²) in [5.41, 5.74) is 2.32. The van der Waals surface area contributed by atoms with Gasteiger partial charge in [0.2, 0.25) is 0 Å². The summed E-state index contributed by atoms with van der Waals surface area (Å²) in [7, 11) is 0. The van der Waals surface area contributed by atoms with Gasteiger partial charge in [0.05, 0.1) is 18.3 Å². The Labute approximate surface area is 196 Å². The fourth-order valence-corrected chi connectivity index (χ4v) is 5.52. The Kier molecular flexibility index (Phi) is 9.15. The van der Waals surface area contributed by atoms with Crippen molar-refractivity contribution in [2.45, 2.75) is 89.9 Å². The molecular weight excluding hydrogens is 424 g/mol. The van der Waals surface area contributed by atoms with Gasteiger partial charge >= 0.3 is 11.9 Å². The molecule has 1 fully saturated rings. The number of carbonyl (C=O) groups is 2. The van der Waals surface area contributed by atoms with Crippen molar-refractivity contribution in [3.8, 4) is 5.75 Å². The number of esters is 1. The second-order valence-electron chi connectivity index (χ2n) is 9.71. The Morgan fingerprint density at radius 2 is 2.00 bits per heavy atom. The smallest absolute Gasteiger partial charge is 0.344 e. The number of fused-ring (bicyclic) bond motifs is 2. The molecule has 7 nitrogen and oxygen atoms in total. The normalized spacial score (nSPS) is 25.6. The molecule has 3 rings (SSSR count). The number of carbonyl (C=O) groups excluding carboxylic acids is 1. The van der Waals surface area contributed by atoms with Crippen LogP contribution in [-0.2, 0) is 27.2 Å². The number of carboxylic acid groups (broad SMARTS) is 1. The fourth-order valence-electron chi connectivity index (χ4n) is 5.52. The van der Waals surface area contributed by atoms with Crippen LogP contribution in [0.4, 0.5) is 0 Å². The first-order valence-electron chi connectivity index (χ1n) is 12.3. The van der Waals surface area contributed by atoms with E-state index in [1.54, 1.807) is 6.92 Å². The van der Waals surface area contributed by atoms with Gasteiger partial charge in [0.1, 0.15) is 5.75 Å². The number of rotatable bonds is 12. The van der Waals surface area contributed by atoms with E-state index in [1.807, 2.05) is 19.1 Å². The molecule has 0 radical (unpaired) electrons. The third-order valence-corrected chi connectivity index (χ3v) is 7.33. The van der Waals surface area contributed by atoms with Gasteiger partial charge in [0, 0.05) is 6.42 Å². The maximum absolute atomic E-state index is 12.2. The summed E-state index contributed by atoms with van der Waals surface area (Å²) >= 11 is 0. The van der Waals surface area contributed by atoms with Crippen molar-refractivity contribution < 1.29 is 34.4 Å². The van der Waals surface area contributed by atoms with E-state index in [0.29, 0.717) is 30.4 Å². The van der Waals surface area contributed by atoms with Gasteiger partial charge in [-0.3, -0.25) is 4.79 Å². The highest BCUT2D eigenvalue weighted by Crippen LogP contribution is 2.48. The summed E-state index contributed by atoms with van der Waals surface area (Å²) < 4.78 is 11.2. The van der Waals surface area contributed by atoms with Crippen LogP contribution in [0.5, 0.6) is 5.75 Å². The maximum Gasteiger partial charge on any atom is 0.344 e. The van der Waals surface area contributed by atoms with E-state index in [2.05, 4.69) is 6.07 Å². The maximum atomic E-state index is 12.2. The summed E-state index contributed by atoms with van der Waals surface area (Å²) in [5, 5.41) is 29.4. The van der Waals surface area contributed by atoms with Gasteiger partial charge in [-0.05, 0) is 93.2 Å². The first-order chi connectivity index (χ1) is 15.8. The van der Waals surface area contributed by atoms with Crippen LogP contribution in [0.3, 0.4) is 0 Å². The number of ether oxygens (including phenoxy) is 2. The first kappa shape index (κ1) is 25.5. The van der Waals surface area contributed by atoms with Crippen LogP contribution in [0, 0.1) is 17.8 Å². The van der Waals surface area contributed by atoms with E-state index in [4.69, 9.17) is 14.6 Å². The molecule has 3 N–H and O–H groups in total. The van der Waals surface area contributed by atoms with Gasteiger partial charge in [-0.15, -0.1) is 0 Å². The molecule has 184 valence electrons. The zero-order valence-electron chi connectivity index (χ0n) is 19.7. The minimum absolute atomic E-state index is 0.0610. The summed E-state index contributed by atoms with van der Waals surface area (Å²) in [6, 6.07) is 5.92. The van der Waals surface area contributed by atoms with Gasteiger partial charge in [-0.25, -0.2) is 4.79 Å². The van der Waals surface area contributed by atoms with Crippen molar-refractivity contribution in [2.24, 2.45) is 17.8 Å². The number of aliphatic hydroxyl groups is 2. The largest absolute Gasteiger partial charge is 0.482 e. The summed E-state index contributed by atoms with van der Waals surface area (Å²) in [5.74, 6) is 0.375. The number of carboxylic acids is 1. The molecule has 0 heterocycles. The molecule has 2 aliphatic rings. The van der Waals surface area contributed by atoms with E-state index in [0.717, 1.165) is 44.1 Å². The van der Waals surface area contributed by atoms with Crippen molar-refractivity contribution >= 4 is 11.9 Å². The van der Waals surface area contributed by atoms with Gasteiger partial charge in [-0.1, -0.05) is 19.1 Å².